The third-order valence-corrected chi connectivity index (χ3v) is 3.62. The first-order valence-electron chi connectivity index (χ1n) is 6.55. The summed E-state index contributed by atoms with van der Waals surface area (Å²) in [6, 6.07) is -0.266. The van der Waals surface area contributed by atoms with Crippen LogP contribution < -0.4 is 0 Å². The van der Waals surface area contributed by atoms with Gasteiger partial charge in [0.05, 0.1) is 12.0 Å². The van der Waals surface area contributed by atoms with E-state index in [1.165, 1.54) is 0 Å². The van der Waals surface area contributed by atoms with Crippen LogP contribution in [-0.4, -0.2) is 34.3 Å². The number of alkyl halides is 3. The molecule has 1 fully saturated rings. The molecule has 7 heteroatoms. The van der Waals surface area contributed by atoms with Crippen LogP contribution in [0.25, 0.3) is 0 Å². The Morgan fingerprint density at radius 3 is 2.79 bits per heavy atom. The Morgan fingerprint density at radius 2 is 2.21 bits per heavy atom. The number of piperidine rings is 1. The molecule has 0 bridgehead atoms. The number of likely N-dealkylation sites (tertiary alicyclic amines) is 1. The average Bonchev–Trinajstić information content (AvgIpc) is 2.86. The molecule has 2 atom stereocenters. The second kappa shape index (κ2) is 5.48. The molecule has 108 valence electrons. The zero-order valence-corrected chi connectivity index (χ0v) is 11.1. The molecule has 0 spiro atoms. The lowest BCUT2D eigenvalue weighted by molar-refractivity contribution is -0.188. The molecule has 2 rings (SSSR count). The average molecular weight is 277 g/mol. The number of rotatable bonds is 3. The first-order valence-corrected chi connectivity index (χ1v) is 6.55. The van der Waals surface area contributed by atoms with E-state index < -0.39 is 12.1 Å². The highest BCUT2D eigenvalue weighted by molar-refractivity contribution is 4.93. The highest BCUT2D eigenvalue weighted by Crippen LogP contribution is 2.35. The van der Waals surface area contributed by atoms with E-state index in [0.717, 1.165) is 0 Å². The molecule has 1 aliphatic rings. The lowest BCUT2D eigenvalue weighted by atomic mass is 9.96. The van der Waals surface area contributed by atoms with Crippen LogP contribution in [0, 0.1) is 5.92 Å². The summed E-state index contributed by atoms with van der Waals surface area (Å²) in [6.07, 6.45) is -2.72. The van der Waals surface area contributed by atoms with Gasteiger partial charge in [-0.2, -0.15) is 18.2 Å². The fraction of sp³-hybridized carbons (Fsp3) is 0.833. The van der Waals surface area contributed by atoms with Gasteiger partial charge in [0, 0.05) is 13.0 Å². The molecule has 1 aromatic rings. The smallest absolute Gasteiger partial charge is 0.338 e. The summed E-state index contributed by atoms with van der Waals surface area (Å²) in [5, 5.41) is 3.78. The summed E-state index contributed by atoms with van der Waals surface area (Å²) < 4.78 is 43.4. The molecule has 4 nitrogen and oxygen atoms in total. The summed E-state index contributed by atoms with van der Waals surface area (Å²) in [6.45, 7) is 4.36. The first kappa shape index (κ1) is 14.3. The Bertz CT molecular complexity index is 419. The van der Waals surface area contributed by atoms with Crippen LogP contribution in [-0.2, 0) is 6.42 Å². The minimum atomic E-state index is -4.12. The van der Waals surface area contributed by atoms with E-state index in [4.69, 9.17) is 4.52 Å². The third kappa shape index (κ3) is 3.26. The van der Waals surface area contributed by atoms with Gasteiger partial charge in [-0.1, -0.05) is 12.1 Å². The van der Waals surface area contributed by atoms with Gasteiger partial charge >= 0.3 is 6.18 Å². The lowest BCUT2D eigenvalue weighted by Crippen LogP contribution is -2.42. The van der Waals surface area contributed by atoms with Gasteiger partial charge in [0.1, 0.15) is 0 Å². The number of hydrogen-bond donors (Lipinski definition) is 0. The molecule has 0 unspecified atom stereocenters. The molecule has 1 aliphatic heterocycles. The Morgan fingerprint density at radius 1 is 1.47 bits per heavy atom. The third-order valence-electron chi connectivity index (χ3n) is 3.62. The van der Waals surface area contributed by atoms with Crippen LogP contribution in [0.1, 0.15) is 44.4 Å². The SMILES string of the molecule is CCc1noc([C@H](C)N2CCC[C@H](C(F)(F)F)C2)n1. The molecule has 1 saturated heterocycles. The van der Waals surface area contributed by atoms with Gasteiger partial charge in [0.2, 0.25) is 5.89 Å². The van der Waals surface area contributed by atoms with Crippen LogP contribution in [0.15, 0.2) is 4.52 Å². The van der Waals surface area contributed by atoms with Crippen molar-refractivity contribution in [2.24, 2.45) is 5.92 Å². The van der Waals surface area contributed by atoms with Crippen LogP contribution in [0.5, 0.6) is 0 Å². The fourth-order valence-corrected chi connectivity index (χ4v) is 2.36. The minimum Gasteiger partial charge on any atom is -0.338 e. The van der Waals surface area contributed by atoms with E-state index in [9.17, 15) is 13.2 Å². The molecular weight excluding hydrogens is 259 g/mol. The second-order valence-corrected chi connectivity index (χ2v) is 4.95. The van der Waals surface area contributed by atoms with Crippen molar-refractivity contribution >= 4 is 0 Å². The standard InChI is InChI=1S/C12H18F3N3O/c1-3-10-16-11(19-17-10)8(2)18-6-4-5-9(7-18)12(13,14)15/h8-9H,3-7H2,1-2H3/t8-,9-/m0/s1. The number of nitrogens with zero attached hydrogens (tertiary/aromatic N) is 3. The summed E-state index contributed by atoms with van der Waals surface area (Å²) in [7, 11) is 0. The van der Waals surface area contributed by atoms with Crippen molar-refractivity contribution in [1.82, 2.24) is 15.0 Å². The minimum absolute atomic E-state index is 0.00844. The van der Waals surface area contributed by atoms with Crippen LogP contribution in [0.3, 0.4) is 0 Å². The van der Waals surface area contributed by atoms with E-state index >= 15 is 0 Å². The largest absolute Gasteiger partial charge is 0.393 e. The Hall–Kier alpha value is -1.11. The first-order chi connectivity index (χ1) is 8.91. The fourth-order valence-electron chi connectivity index (χ4n) is 2.36. The van der Waals surface area contributed by atoms with Crippen molar-refractivity contribution in [3.63, 3.8) is 0 Å². The Labute approximate surface area is 110 Å². The molecule has 1 aromatic heterocycles. The molecule has 0 aromatic carbocycles. The Kier molecular flexibility index (Phi) is 4.13. The highest BCUT2D eigenvalue weighted by Gasteiger charge is 2.43. The van der Waals surface area contributed by atoms with E-state index in [1.807, 2.05) is 13.8 Å². The Balaban J connectivity index is 2.04. The van der Waals surface area contributed by atoms with Gasteiger partial charge in [-0.15, -0.1) is 0 Å². The van der Waals surface area contributed by atoms with Crippen molar-refractivity contribution in [3.05, 3.63) is 11.7 Å². The summed E-state index contributed by atoms with van der Waals surface area (Å²) in [5.41, 5.74) is 0. The molecule has 0 radical (unpaired) electrons. The number of hydrogen-bond acceptors (Lipinski definition) is 4. The summed E-state index contributed by atoms with van der Waals surface area (Å²) >= 11 is 0. The predicted octanol–water partition coefficient (Wildman–Crippen LogP) is 2.97. The topological polar surface area (TPSA) is 42.2 Å². The second-order valence-electron chi connectivity index (χ2n) is 4.95. The van der Waals surface area contributed by atoms with Gasteiger partial charge < -0.3 is 4.52 Å². The summed E-state index contributed by atoms with van der Waals surface area (Å²) in [5.74, 6) is -0.261. The van der Waals surface area contributed by atoms with Crippen molar-refractivity contribution in [1.29, 1.82) is 0 Å². The van der Waals surface area contributed by atoms with Gasteiger partial charge in [-0.05, 0) is 26.3 Å². The number of halogens is 3. The van der Waals surface area contributed by atoms with Crippen molar-refractivity contribution in [3.8, 4) is 0 Å². The maximum atomic E-state index is 12.8. The van der Waals surface area contributed by atoms with Crippen molar-refractivity contribution in [2.45, 2.75) is 45.3 Å². The predicted molar refractivity (Wildman–Crippen MR) is 62.4 cm³/mol. The zero-order chi connectivity index (χ0) is 14.0. The molecule has 19 heavy (non-hydrogen) atoms. The molecule has 0 amide bonds. The maximum Gasteiger partial charge on any atom is 0.393 e. The molecule has 2 heterocycles. The molecular formula is C12H18F3N3O. The van der Waals surface area contributed by atoms with Crippen LogP contribution in [0.2, 0.25) is 0 Å². The van der Waals surface area contributed by atoms with Gasteiger partial charge in [-0.3, -0.25) is 4.90 Å². The molecule has 0 N–H and O–H groups in total. The summed E-state index contributed by atoms with van der Waals surface area (Å²) in [4.78, 5) is 5.96. The normalized spacial score (nSPS) is 23.5. The monoisotopic (exact) mass is 277 g/mol. The van der Waals surface area contributed by atoms with E-state index in [1.54, 1.807) is 4.90 Å². The quantitative estimate of drug-likeness (QED) is 0.852. The molecule has 0 saturated carbocycles. The number of aromatic nitrogens is 2. The zero-order valence-electron chi connectivity index (χ0n) is 11.1. The van der Waals surface area contributed by atoms with E-state index in [2.05, 4.69) is 10.1 Å². The van der Waals surface area contributed by atoms with E-state index in [0.29, 0.717) is 31.1 Å². The van der Waals surface area contributed by atoms with Crippen LogP contribution >= 0.6 is 0 Å². The van der Waals surface area contributed by atoms with Gasteiger partial charge in [0.25, 0.3) is 0 Å². The lowest BCUT2D eigenvalue weighted by Gasteiger charge is -2.36. The highest BCUT2D eigenvalue weighted by atomic mass is 19.4. The van der Waals surface area contributed by atoms with E-state index in [-0.39, 0.29) is 19.0 Å². The van der Waals surface area contributed by atoms with Gasteiger partial charge in [0.15, 0.2) is 5.82 Å². The maximum absolute atomic E-state index is 12.8. The van der Waals surface area contributed by atoms with Crippen molar-refractivity contribution < 1.29 is 17.7 Å². The van der Waals surface area contributed by atoms with Crippen molar-refractivity contribution in [2.75, 3.05) is 13.1 Å². The number of aryl methyl sites for hydroxylation is 1. The molecule has 0 aliphatic carbocycles. The van der Waals surface area contributed by atoms with Crippen LogP contribution in [0.4, 0.5) is 13.2 Å². The van der Waals surface area contributed by atoms with Gasteiger partial charge in [-0.25, -0.2) is 0 Å².